The summed E-state index contributed by atoms with van der Waals surface area (Å²) < 4.78 is 15.9. The topological polar surface area (TPSA) is 55.6 Å². The zero-order chi connectivity index (χ0) is 17.1. The minimum Gasteiger partial charge on any atom is -0.354 e. The van der Waals surface area contributed by atoms with Crippen molar-refractivity contribution >= 4 is 17.0 Å². The average Bonchev–Trinajstić information content (AvgIpc) is 3.08. The van der Waals surface area contributed by atoms with E-state index in [4.69, 9.17) is 0 Å². The number of nitrogens with zero attached hydrogens (tertiary/aromatic N) is 4. The van der Waals surface area contributed by atoms with Gasteiger partial charge in [-0.05, 0) is 24.1 Å². The van der Waals surface area contributed by atoms with Gasteiger partial charge >= 0.3 is 0 Å². The quantitative estimate of drug-likeness (QED) is 0.606. The molecule has 2 aromatic carbocycles. The number of nitrogens with one attached hydrogen (secondary N) is 1. The average molecular weight is 333 g/mol. The summed E-state index contributed by atoms with van der Waals surface area (Å²) in [5, 5.41) is 3.15. The molecule has 0 aliphatic carbocycles. The fraction of sp³-hybridized carbons (Fsp3) is 0.105. The molecular weight excluding hydrogens is 317 g/mol. The first-order valence-electron chi connectivity index (χ1n) is 8.04. The van der Waals surface area contributed by atoms with Gasteiger partial charge in [-0.15, -0.1) is 0 Å². The second-order valence-corrected chi connectivity index (χ2v) is 5.63. The third-order valence-electron chi connectivity index (χ3n) is 3.95. The maximum absolute atomic E-state index is 14.2. The smallest absolute Gasteiger partial charge is 0.224 e. The van der Waals surface area contributed by atoms with Gasteiger partial charge in [-0.25, -0.2) is 14.4 Å². The molecule has 2 heterocycles. The van der Waals surface area contributed by atoms with Crippen molar-refractivity contribution < 1.29 is 4.39 Å². The first-order chi connectivity index (χ1) is 12.3. The van der Waals surface area contributed by atoms with Crippen LogP contribution in [-0.2, 0) is 6.42 Å². The second-order valence-electron chi connectivity index (χ2n) is 5.63. The number of benzene rings is 2. The van der Waals surface area contributed by atoms with E-state index in [0.29, 0.717) is 12.5 Å². The maximum Gasteiger partial charge on any atom is 0.224 e. The van der Waals surface area contributed by atoms with Gasteiger partial charge in [-0.1, -0.05) is 42.5 Å². The molecule has 124 valence electrons. The molecule has 0 saturated carbocycles. The van der Waals surface area contributed by atoms with Crippen LogP contribution in [-0.4, -0.2) is 26.1 Å². The van der Waals surface area contributed by atoms with Crippen molar-refractivity contribution in [1.29, 1.82) is 0 Å². The van der Waals surface area contributed by atoms with Crippen molar-refractivity contribution in [1.82, 2.24) is 19.5 Å². The van der Waals surface area contributed by atoms with Gasteiger partial charge in [0.25, 0.3) is 0 Å². The van der Waals surface area contributed by atoms with Crippen molar-refractivity contribution in [3.8, 4) is 5.82 Å². The van der Waals surface area contributed by atoms with E-state index in [-0.39, 0.29) is 5.82 Å². The lowest BCUT2D eigenvalue weighted by Crippen LogP contribution is -2.10. The van der Waals surface area contributed by atoms with E-state index >= 15 is 0 Å². The first-order valence-corrected chi connectivity index (χ1v) is 8.04. The molecule has 1 N–H and O–H groups in total. The van der Waals surface area contributed by atoms with Gasteiger partial charge in [0.05, 0.1) is 17.2 Å². The Bertz CT molecular complexity index is 997. The van der Waals surface area contributed by atoms with Gasteiger partial charge in [0, 0.05) is 6.54 Å². The van der Waals surface area contributed by atoms with E-state index in [1.807, 2.05) is 42.5 Å². The summed E-state index contributed by atoms with van der Waals surface area (Å²) in [5.74, 6) is 0.0905. The number of para-hydroxylation sites is 2. The van der Waals surface area contributed by atoms with Crippen LogP contribution in [0.4, 0.5) is 10.3 Å². The summed E-state index contributed by atoms with van der Waals surface area (Å²) in [7, 11) is 0. The number of fused-ring (bicyclic) bond motifs is 1. The van der Waals surface area contributed by atoms with Crippen LogP contribution < -0.4 is 5.32 Å². The predicted octanol–water partition coefficient (Wildman–Crippen LogP) is 3.61. The highest BCUT2D eigenvalue weighted by molar-refractivity contribution is 5.76. The third-order valence-corrected chi connectivity index (χ3v) is 3.95. The lowest BCUT2D eigenvalue weighted by atomic mass is 10.1. The van der Waals surface area contributed by atoms with Crippen molar-refractivity contribution in [2.45, 2.75) is 6.42 Å². The van der Waals surface area contributed by atoms with Crippen molar-refractivity contribution in [3.63, 3.8) is 0 Å². The van der Waals surface area contributed by atoms with Crippen LogP contribution in [0, 0.1) is 5.82 Å². The Morgan fingerprint density at radius 1 is 0.960 bits per heavy atom. The molecule has 0 amide bonds. The first kappa shape index (κ1) is 15.3. The van der Waals surface area contributed by atoms with Crippen LogP contribution in [0.1, 0.15) is 5.56 Å². The molecule has 0 unspecified atom stereocenters. The zero-order valence-corrected chi connectivity index (χ0v) is 13.4. The van der Waals surface area contributed by atoms with Gasteiger partial charge in [0.15, 0.2) is 11.6 Å². The molecule has 0 aliphatic rings. The molecule has 0 saturated heterocycles. The third kappa shape index (κ3) is 3.19. The minimum atomic E-state index is -0.489. The fourth-order valence-corrected chi connectivity index (χ4v) is 2.70. The Kier molecular flexibility index (Phi) is 4.08. The molecule has 0 radical (unpaired) electrons. The monoisotopic (exact) mass is 333 g/mol. The molecule has 0 aliphatic heterocycles. The normalized spacial score (nSPS) is 10.9. The molecule has 2 aromatic heterocycles. The Labute approximate surface area is 144 Å². The van der Waals surface area contributed by atoms with Crippen molar-refractivity contribution in [3.05, 3.63) is 78.5 Å². The van der Waals surface area contributed by atoms with E-state index in [2.05, 4.69) is 32.4 Å². The summed E-state index contributed by atoms with van der Waals surface area (Å²) in [5.41, 5.74) is 2.81. The standard InChI is InChI=1S/C19H16FN5/c20-15-12-22-19(21-11-10-14-6-2-1-3-7-14)24-18(15)25-13-23-16-8-4-5-9-17(16)25/h1-9,12-13H,10-11H2,(H,21,22,24). The van der Waals surface area contributed by atoms with E-state index < -0.39 is 5.82 Å². The Hall–Kier alpha value is -3.28. The molecule has 6 heteroatoms. The second kappa shape index (κ2) is 6.68. The molecule has 0 atom stereocenters. The van der Waals surface area contributed by atoms with Crippen LogP contribution >= 0.6 is 0 Å². The number of aromatic nitrogens is 4. The largest absolute Gasteiger partial charge is 0.354 e. The van der Waals surface area contributed by atoms with Crippen LogP contribution in [0.25, 0.3) is 16.9 Å². The van der Waals surface area contributed by atoms with Crippen LogP contribution in [0.3, 0.4) is 0 Å². The number of hydrogen-bond acceptors (Lipinski definition) is 4. The highest BCUT2D eigenvalue weighted by Gasteiger charge is 2.12. The van der Waals surface area contributed by atoms with Gasteiger partial charge in [-0.3, -0.25) is 4.57 Å². The summed E-state index contributed by atoms with van der Waals surface area (Å²) in [6.07, 6.45) is 3.59. The molecule has 0 spiro atoms. The van der Waals surface area contributed by atoms with Gasteiger partial charge < -0.3 is 5.32 Å². The summed E-state index contributed by atoms with van der Waals surface area (Å²) in [6.45, 7) is 0.666. The lowest BCUT2D eigenvalue weighted by molar-refractivity contribution is 0.603. The lowest BCUT2D eigenvalue weighted by Gasteiger charge is -2.09. The van der Waals surface area contributed by atoms with Crippen LogP contribution in [0.15, 0.2) is 67.1 Å². The van der Waals surface area contributed by atoms with Crippen LogP contribution in [0.2, 0.25) is 0 Å². The predicted molar refractivity (Wildman–Crippen MR) is 95.3 cm³/mol. The molecule has 25 heavy (non-hydrogen) atoms. The highest BCUT2D eigenvalue weighted by Crippen LogP contribution is 2.19. The molecule has 0 fully saturated rings. The summed E-state index contributed by atoms with van der Waals surface area (Å²) in [4.78, 5) is 12.6. The van der Waals surface area contributed by atoms with E-state index in [1.54, 1.807) is 10.9 Å². The number of hydrogen-bond donors (Lipinski definition) is 1. The van der Waals surface area contributed by atoms with Crippen LogP contribution in [0.5, 0.6) is 0 Å². The zero-order valence-electron chi connectivity index (χ0n) is 13.4. The molecule has 4 aromatic rings. The van der Waals surface area contributed by atoms with Crippen molar-refractivity contribution in [2.24, 2.45) is 0 Å². The van der Waals surface area contributed by atoms with Crippen molar-refractivity contribution in [2.75, 3.05) is 11.9 Å². The van der Waals surface area contributed by atoms with E-state index in [9.17, 15) is 4.39 Å². The van der Waals surface area contributed by atoms with Gasteiger partial charge in [0.2, 0.25) is 5.95 Å². The SMILES string of the molecule is Fc1cnc(NCCc2ccccc2)nc1-n1cnc2ccccc21. The number of halogens is 1. The summed E-state index contributed by atoms with van der Waals surface area (Å²) in [6, 6.07) is 17.7. The minimum absolute atomic E-state index is 0.186. The number of rotatable bonds is 5. The molecule has 5 nitrogen and oxygen atoms in total. The fourth-order valence-electron chi connectivity index (χ4n) is 2.70. The molecule has 4 rings (SSSR count). The van der Waals surface area contributed by atoms with Gasteiger partial charge in [0.1, 0.15) is 6.33 Å². The maximum atomic E-state index is 14.2. The number of imidazole rings is 1. The Balaban J connectivity index is 1.56. The molecule has 0 bridgehead atoms. The van der Waals surface area contributed by atoms with Gasteiger partial charge in [-0.2, -0.15) is 4.98 Å². The van der Waals surface area contributed by atoms with E-state index in [1.165, 1.54) is 11.8 Å². The number of anilines is 1. The molecular formula is C19H16FN5. The van der Waals surface area contributed by atoms with E-state index in [0.717, 1.165) is 17.5 Å². The Morgan fingerprint density at radius 2 is 1.76 bits per heavy atom. The summed E-state index contributed by atoms with van der Waals surface area (Å²) >= 11 is 0. The highest BCUT2D eigenvalue weighted by atomic mass is 19.1. The Morgan fingerprint density at radius 3 is 2.64 bits per heavy atom.